The lowest BCUT2D eigenvalue weighted by Crippen LogP contribution is -2.35. The highest BCUT2D eigenvalue weighted by Crippen LogP contribution is 2.31. The molecule has 9 heteroatoms. The molecule has 1 N–H and O–H groups in total. The first-order chi connectivity index (χ1) is 14.3. The molecule has 0 radical (unpaired) electrons. The Balaban J connectivity index is 2.06. The number of halogens is 2. The van der Waals surface area contributed by atoms with Gasteiger partial charge in [-0.1, -0.05) is 23.9 Å². The van der Waals surface area contributed by atoms with Crippen LogP contribution in [0.2, 0.25) is 0 Å². The standard InChI is InChI=1S/C21H24F2N2O4S/c1-4-28-16-11-10-14(12-17(16)29-5-2)24-19(26)13-25(3)20(27)15-8-6-7-9-18(15)30-21(22)23/h6-12,21H,4-5,13H2,1-3H3,(H,24,26). The third-order valence-electron chi connectivity index (χ3n) is 3.89. The number of benzene rings is 2. The van der Waals surface area contributed by atoms with Crippen molar-refractivity contribution in [1.82, 2.24) is 4.90 Å². The van der Waals surface area contributed by atoms with Gasteiger partial charge in [-0.05, 0) is 38.1 Å². The van der Waals surface area contributed by atoms with E-state index in [1.807, 2.05) is 13.8 Å². The number of nitrogens with one attached hydrogen (secondary N) is 1. The highest BCUT2D eigenvalue weighted by molar-refractivity contribution is 7.99. The number of rotatable bonds is 10. The number of hydrogen-bond donors (Lipinski definition) is 1. The van der Waals surface area contributed by atoms with Gasteiger partial charge in [0.1, 0.15) is 0 Å². The van der Waals surface area contributed by atoms with Gasteiger partial charge in [-0.3, -0.25) is 9.59 Å². The van der Waals surface area contributed by atoms with Crippen molar-refractivity contribution in [2.75, 3.05) is 32.1 Å². The van der Waals surface area contributed by atoms with Crippen LogP contribution in [0.4, 0.5) is 14.5 Å². The van der Waals surface area contributed by atoms with Crippen molar-refractivity contribution >= 4 is 29.3 Å². The lowest BCUT2D eigenvalue weighted by Gasteiger charge is -2.19. The van der Waals surface area contributed by atoms with E-state index >= 15 is 0 Å². The molecule has 30 heavy (non-hydrogen) atoms. The Morgan fingerprint density at radius 1 is 1.07 bits per heavy atom. The van der Waals surface area contributed by atoms with Gasteiger partial charge in [0.25, 0.3) is 11.7 Å². The van der Waals surface area contributed by atoms with Crippen LogP contribution in [-0.2, 0) is 4.79 Å². The van der Waals surface area contributed by atoms with Gasteiger partial charge in [-0.2, -0.15) is 8.78 Å². The quantitative estimate of drug-likeness (QED) is 0.553. The van der Waals surface area contributed by atoms with Crippen LogP contribution in [0.15, 0.2) is 47.4 Å². The first-order valence-corrected chi connectivity index (χ1v) is 10.2. The maximum absolute atomic E-state index is 12.7. The average molecular weight is 438 g/mol. The Bertz CT molecular complexity index is 880. The minimum Gasteiger partial charge on any atom is -0.490 e. The Morgan fingerprint density at radius 3 is 2.40 bits per heavy atom. The minimum absolute atomic E-state index is 0.123. The number of nitrogens with zero attached hydrogens (tertiary/aromatic N) is 1. The van der Waals surface area contributed by atoms with Crippen molar-refractivity contribution in [3.05, 3.63) is 48.0 Å². The fourth-order valence-electron chi connectivity index (χ4n) is 2.66. The van der Waals surface area contributed by atoms with Crippen LogP contribution in [0.5, 0.6) is 11.5 Å². The second kappa shape index (κ2) is 11.4. The number of alkyl halides is 2. The van der Waals surface area contributed by atoms with E-state index in [1.54, 1.807) is 30.3 Å². The second-order valence-electron chi connectivity index (χ2n) is 6.11. The van der Waals surface area contributed by atoms with E-state index in [0.29, 0.717) is 42.2 Å². The average Bonchev–Trinajstić information content (AvgIpc) is 2.69. The molecule has 0 spiro atoms. The molecule has 2 aromatic carbocycles. The van der Waals surface area contributed by atoms with E-state index in [9.17, 15) is 18.4 Å². The highest BCUT2D eigenvalue weighted by Gasteiger charge is 2.20. The largest absolute Gasteiger partial charge is 0.490 e. The third kappa shape index (κ3) is 6.62. The van der Waals surface area contributed by atoms with E-state index in [4.69, 9.17) is 9.47 Å². The minimum atomic E-state index is -2.65. The number of amides is 2. The fraction of sp³-hybridized carbons (Fsp3) is 0.333. The Hall–Kier alpha value is -2.81. The summed E-state index contributed by atoms with van der Waals surface area (Å²) in [5.74, 6) is -2.53. The molecule has 2 aromatic rings. The summed E-state index contributed by atoms with van der Waals surface area (Å²) in [4.78, 5) is 26.4. The zero-order valence-electron chi connectivity index (χ0n) is 17.0. The van der Waals surface area contributed by atoms with Gasteiger partial charge in [-0.25, -0.2) is 0 Å². The summed E-state index contributed by atoms with van der Waals surface area (Å²) in [6, 6.07) is 11.1. The molecule has 0 unspecified atom stereocenters. The smallest absolute Gasteiger partial charge is 0.288 e. The number of hydrogen-bond acceptors (Lipinski definition) is 5. The summed E-state index contributed by atoms with van der Waals surface area (Å²) in [7, 11) is 1.44. The van der Waals surface area contributed by atoms with Gasteiger partial charge < -0.3 is 19.7 Å². The van der Waals surface area contributed by atoms with Crippen LogP contribution in [0.1, 0.15) is 24.2 Å². The predicted molar refractivity (Wildman–Crippen MR) is 113 cm³/mol. The Kier molecular flexibility index (Phi) is 8.91. The Labute approximate surface area is 178 Å². The molecule has 0 atom stereocenters. The van der Waals surface area contributed by atoms with Crippen LogP contribution in [0.3, 0.4) is 0 Å². The van der Waals surface area contributed by atoms with E-state index in [2.05, 4.69) is 5.32 Å². The van der Waals surface area contributed by atoms with Crippen molar-refractivity contribution in [1.29, 1.82) is 0 Å². The van der Waals surface area contributed by atoms with Crippen molar-refractivity contribution in [2.45, 2.75) is 24.5 Å². The van der Waals surface area contributed by atoms with E-state index in [0.717, 1.165) is 0 Å². The summed E-state index contributed by atoms with van der Waals surface area (Å²) in [5, 5.41) is 2.70. The number of carbonyl (C=O) groups excluding carboxylic acids is 2. The molecule has 162 valence electrons. The number of thioether (sulfide) groups is 1. The SMILES string of the molecule is CCOc1ccc(NC(=O)CN(C)C(=O)c2ccccc2SC(F)F)cc1OCC. The summed E-state index contributed by atoms with van der Waals surface area (Å²) < 4.78 is 36.5. The zero-order valence-corrected chi connectivity index (χ0v) is 17.8. The molecule has 0 saturated carbocycles. The first-order valence-electron chi connectivity index (χ1n) is 9.34. The Morgan fingerprint density at radius 2 is 1.73 bits per heavy atom. The van der Waals surface area contributed by atoms with Crippen molar-refractivity contribution in [3.63, 3.8) is 0 Å². The van der Waals surface area contributed by atoms with Gasteiger partial charge in [-0.15, -0.1) is 0 Å². The highest BCUT2D eigenvalue weighted by atomic mass is 32.2. The fourth-order valence-corrected chi connectivity index (χ4v) is 3.30. The summed E-state index contributed by atoms with van der Waals surface area (Å²) in [5.41, 5.74) is 0.610. The molecule has 2 rings (SSSR count). The maximum Gasteiger partial charge on any atom is 0.288 e. The first kappa shape index (κ1) is 23.5. The number of ether oxygens (including phenoxy) is 2. The number of carbonyl (C=O) groups is 2. The van der Waals surface area contributed by atoms with Crippen LogP contribution in [0.25, 0.3) is 0 Å². The topological polar surface area (TPSA) is 67.9 Å². The lowest BCUT2D eigenvalue weighted by molar-refractivity contribution is -0.116. The summed E-state index contributed by atoms with van der Waals surface area (Å²) >= 11 is 0.297. The molecule has 0 aliphatic rings. The molecule has 0 fully saturated rings. The third-order valence-corrected chi connectivity index (χ3v) is 4.68. The molecule has 0 saturated heterocycles. The van der Waals surface area contributed by atoms with E-state index in [-0.39, 0.29) is 17.0 Å². The van der Waals surface area contributed by atoms with Crippen LogP contribution >= 0.6 is 11.8 Å². The summed E-state index contributed by atoms with van der Waals surface area (Å²) in [6.07, 6.45) is 0. The van der Waals surface area contributed by atoms with Crippen molar-refractivity contribution < 1.29 is 27.8 Å². The van der Waals surface area contributed by atoms with Crippen molar-refractivity contribution in [3.8, 4) is 11.5 Å². The van der Waals surface area contributed by atoms with Gasteiger partial charge in [0.2, 0.25) is 5.91 Å². The molecule has 0 aromatic heterocycles. The maximum atomic E-state index is 12.7. The van der Waals surface area contributed by atoms with Gasteiger partial charge in [0.05, 0.1) is 25.3 Å². The van der Waals surface area contributed by atoms with E-state index < -0.39 is 17.6 Å². The van der Waals surface area contributed by atoms with E-state index in [1.165, 1.54) is 24.1 Å². The molecule has 6 nitrogen and oxygen atoms in total. The van der Waals surface area contributed by atoms with Crippen LogP contribution < -0.4 is 14.8 Å². The monoisotopic (exact) mass is 438 g/mol. The molecule has 0 heterocycles. The molecule has 0 bridgehead atoms. The van der Waals surface area contributed by atoms with Gasteiger partial charge >= 0.3 is 0 Å². The lowest BCUT2D eigenvalue weighted by atomic mass is 10.2. The molecular weight excluding hydrogens is 414 g/mol. The zero-order chi connectivity index (χ0) is 22.1. The summed E-state index contributed by atoms with van der Waals surface area (Å²) in [6.45, 7) is 4.36. The van der Waals surface area contributed by atoms with Crippen LogP contribution in [-0.4, -0.2) is 49.3 Å². The normalized spacial score (nSPS) is 10.6. The van der Waals surface area contributed by atoms with Crippen LogP contribution in [0, 0.1) is 0 Å². The number of anilines is 1. The van der Waals surface area contributed by atoms with Crippen molar-refractivity contribution in [2.24, 2.45) is 0 Å². The molecular formula is C21H24F2N2O4S. The molecule has 0 aliphatic carbocycles. The van der Waals surface area contributed by atoms with Gasteiger partial charge in [0, 0.05) is 23.7 Å². The predicted octanol–water partition coefficient (Wildman–Crippen LogP) is 4.51. The van der Waals surface area contributed by atoms with Gasteiger partial charge in [0.15, 0.2) is 11.5 Å². The second-order valence-corrected chi connectivity index (χ2v) is 7.14. The molecule has 0 aliphatic heterocycles. The molecule has 2 amide bonds. The number of likely N-dealkylation sites (N-methyl/N-ethyl adjacent to an activating group) is 1.